The lowest BCUT2D eigenvalue weighted by Crippen LogP contribution is -1.71. The van der Waals surface area contributed by atoms with Gasteiger partial charge in [-0.2, -0.15) is 0 Å². The molecule has 0 saturated heterocycles. The molecule has 0 aliphatic carbocycles. The number of rotatable bonds is 1. The first-order valence-electron chi connectivity index (χ1n) is 1.83. The highest BCUT2D eigenvalue weighted by atomic mass is 35.5. The number of hydrogen-bond donors (Lipinski definition) is 1. The first kappa shape index (κ1) is 7.88. The van der Waals surface area contributed by atoms with Crippen LogP contribution in [0.5, 0.6) is 0 Å². The first-order chi connectivity index (χ1) is 3.43. The zero-order valence-electron chi connectivity index (χ0n) is 4.03. The monoisotopic (exact) mass is 151 g/mol. The Bertz CT molecular complexity index is 131. The summed E-state index contributed by atoms with van der Waals surface area (Å²) in [7, 11) is 0. The summed E-state index contributed by atoms with van der Waals surface area (Å²) in [6.07, 6.45) is 1.59. The van der Waals surface area contributed by atoms with Crippen LogP contribution in [0.4, 0.5) is 0 Å². The summed E-state index contributed by atoms with van der Waals surface area (Å²) in [6.45, 7) is 0. The Labute approximate surface area is 58.0 Å². The summed E-state index contributed by atoms with van der Waals surface area (Å²) < 4.78 is 4.82. The van der Waals surface area contributed by atoms with Crippen molar-refractivity contribution in [1.29, 1.82) is 0 Å². The molecule has 0 fully saturated rings. The van der Waals surface area contributed by atoms with Crippen LogP contribution >= 0.6 is 24.4 Å². The van der Waals surface area contributed by atoms with Crippen molar-refractivity contribution in [3.05, 3.63) is 18.4 Å². The third-order valence-electron chi connectivity index (χ3n) is 0.611. The van der Waals surface area contributed by atoms with Crippen LogP contribution in [0, 0.1) is 0 Å². The molecule has 46 valence electrons. The molecule has 0 bridgehead atoms. The van der Waals surface area contributed by atoms with Crippen molar-refractivity contribution in [3.63, 3.8) is 0 Å². The molecule has 1 heterocycles. The van der Waals surface area contributed by atoms with Gasteiger partial charge in [-0.1, -0.05) is 0 Å². The van der Waals surface area contributed by atoms with E-state index >= 15 is 0 Å². The maximum absolute atomic E-state index is 5.12. The molecule has 0 amide bonds. The van der Waals surface area contributed by atoms with Gasteiger partial charge in [-0.15, -0.1) is 12.4 Å². The summed E-state index contributed by atoms with van der Waals surface area (Å²) in [6, 6.07) is 3.61. The Morgan fingerprint density at radius 2 is 2.38 bits per heavy atom. The molecule has 0 atom stereocenters. The van der Waals surface area contributed by atoms with Crippen molar-refractivity contribution < 1.29 is 4.42 Å². The molecule has 0 radical (unpaired) electrons. The smallest absolute Gasteiger partial charge is 0.174 e. The molecule has 1 aromatic heterocycles. The van der Waals surface area contributed by atoms with Crippen molar-refractivity contribution in [1.82, 2.24) is 0 Å². The maximum atomic E-state index is 5.12. The standard InChI is InChI=1S/C4H5NOS.ClH/c5-7-4-2-1-3-6-4;/h1-3H,5H2;1H. The van der Waals surface area contributed by atoms with E-state index in [4.69, 9.17) is 9.56 Å². The van der Waals surface area contributed by atoms with Gasteiger partial charge >= 0.3 is 0 Å². The molecular weight excluding hydrogens is 146 g/mol. The largest absolute Gasteiger partial charge is 0.457 e. The lowest BCUT2D eigenvalue weighted by atomic mass is 10.7. The Hall–Kier alpha value is -0.120. The molecule has 0 saturated carbocycles. The minimum Gasteiger partial charge on any atom is -0.457 e. The molecule has 0 aliphatic heterocycles. The zero-order valence-corrected chi connectivity index (χ0v) is 5.67. The average molecular weight is 152 g/mol. The Morgan fingerprint density at radius 1 is 1.62 bits per heavy atom. The van der Waals surface area contributed by atoms with Crippen LogP contribution in [0.1, 0.15) is 0 Å². The lowest BCUT2D eigenvalue weighted by molar-refractivity contribution is 0.474. The number of furan rings is 1. The number of nitrogens with two attached hydrogens (primary N) is 1. The highest BCUT2D eigenvalue weighted by molar-refractivity contribution is 7.96. The Kier molecular flexibility index (Phi) is 3.77. The van der Waals surface area contributed by atoms with E-state index < -0.39 is 0 Å². The predicted molar refractivity (Wildman–Crippen MR) is 36.0 cm³/mol. The van der Waals surface area contributed by atoms with Crippen LogP contribution in [-0.2, 0) is 0 Å². The van der Waals surface area contributed by atoms with E-state index in [0.717, 1.165) is 17.0 Å². The summed E-state index contributed by atoms with van der Waals surface area (Å²) in [5, 5.41) is 5.87. The van der Waals surface area contributed by atoms with Gasteiger partial charge in [-0.05, 0) is 24.1 Å². The van der Waals surface area contributed by atoms with Gasteiger partial charge in [-0.3, -0.25) is 5.14 Å². The fourth-order valence-corrected chi connectivity index (χ4v) is 0.599. The molecule has 2 nitrogen and oxygen atoms in total. The molecule has 0 unspecified atom stereocenters. The predicted octanol–water partition coefficient (Wildman–Crippen LogP) is 1.67. The van der Waals surface area contributed by atoms with Crippen molar-refractivity contribution >= 4 is 24.4 Å². The van der Waals surface area contributed by atoms with Crippen LogP contribution in [0.25, 0.3) is 0 Å². The topological polar surface area (TPSA) is 39.2 Å². The van der Waals surface area contributed by atoms with E-state index in [-0.39, 0.29) is 12.4 Å². The maximum Gasteiger partial charge on any atom is 0.174 e. The number of hydrogen-bond acceptors (Lipinski definition) is 3. The molecule has 8 heavy (non-hydrogen) atoms. The Balaban J connectivity index is 0.000000490. The van der Waals surface area contributed by atoms with Gasteiger partial charge in [-0.25, -0.2) is 0 Å². The van der Waals surface area contributed by atoms with E-state index in [2.05, 4.69) is 0 Å². The fourth-order valence-electron chi connectivity index (χ4n) is 0.331. The average Bonchev–Trinajstić information content (AvgIpc) is 2.14. The minimum atomic E-state index is 0. The van der Waals surface area contributed by atoms with Gasteiger partial charge in [0, 0.05) is 0 Å². The van der Waals surface area contributed by atoms with Gasteiger partial charge in [0.05, 0.1) is 6.26 Å². The molecular formula is C4H6ClNOS. The first-order valence-corrected chi connectivity index (χ1v) is 2.71. The van der Waals surface area contributed by atoms with Gasteiger partial charge in [0.15, 0.2) is 5.09 Å². The van der Waals surface area contributed by atoms with Crippen LogP contribution in [0.3, 0.4) is 0 Å². The van der Waals surface area contributed by atoms with Gasteiger partial charge in [0.2, 0.25) is 0 Å². The van der Waals surface area contributed by atoms with Crippen molar-refractivity contribution in [2.45, 2.75) is 5.09 Å². The van der Waals surface area contributed by atoms with Crippen LogP contribution < -0.4 is 5.14 Å². The van der Waals surface area contributed by atoms with Crippen LogP contribution in [0.15, 0.2) is 27.9 Å². The Morgan fingerprint density at radius 3 is 2.62 bits per heavy atom. The molecule has 0 aliphatic rings. The third kappa shape index (κ3) is 1.78. The van der Waals surface area contributed by atoms with Gasteiger partial charge in [0.25, 0.3) is 0 Å². The second-order valence-corrected chi connectivity index (χ2v) is 1.69. The van der Waals surface area contributed by atoms with Crippen molar-refractivity contribution in [3.8, 4) is 0 Å². The van der Waals surface area contributed by atoms with Gasteiger partial charge in [0.1, 0.15) is 0 Å². The lowest BCUT2D eigenvalue weighted by Gasteiger charge is -1.79. The summed E-state index contributed by atoms with van der Waals surface area (Å²) in [5.74, 6) is 0. The van der Waals surface area contributed by atoms with E-state index in [9.17, 15) is 0 Å². The fraction of sp³-hybridized carbons (Fsp3) is 0. The molecule has 1 rings (SSSR count). The van der Waals surface area contributed by atoms with E-state index in [1.165, 1.54) is 0 Å². The third-order valence-corrected chi connectivity index (χ3v) is 1.08. The molecule has 2 N–H and O–H groups in total. The molecule has 1 aromatic rings. The second-order valence-electron chi connectivity index (χ2n) is 1.05. The quantitative estimate of drug-likeness (QED) is 0.621. The van der Waals surface area contributed by atoms with E-state index in [1.54, 1.807) is 12.3 Å². The van der Waals surface area contributed by atoms with Crippen molar-refractivity contribution in [2.75, 3.05) is 0 Å². The molecule has 0 spiro atoms. The van der Waals surface area contributed by atoms with Crippen LogP contribution in [-0.4, -0.2) is 0 Å². The summed E-state index contributed by atoms with van der Waals surface area (Å²) in [4.78, 5) is 0. The minimum absolute atomic E-state index is 0. The summed E-state index contributed by atoms with van der Waals surface area (Å²) >= 11 is 1.11. The zero-order chi connectivity index (χ0) is 5.11. The van der Waals surface area contributed by atoms with Crippen LogP contribution in [0.2, 0.25) is 0 Å². The normalized spacial score (nSPS) is 8.12. The summed E-state index contributed by atoms with van der Waals surface area (Å²) in [5.41, 5.74) is 0. The second kappa shape index (κ2) is 3.83. The highest BCUT2D eigenvalue weighted by Gasteiger charge is 1.85. The highest BCUT2D eigenvalue weighted by Crippen LogP contribution is 2.09. The van der Waals surface area contributed by atoms with E-state index in [0.29, 0.717) is 0 Å². The van der Waals surface area contributed by atoms with Gasteiger partial charge < -0.3 is 4.42 Å². The van der Waals surface area contributed by atoms with E-state index in [1.807, 2.05) is 6.07 Å². The molecule has 4 heteroatoms. The number of halogens is 1. The SMILES string of the molecule is Cl.NSc1ccco1. The molecule has 0 aromatic carbocycles. The van der Waals surface area contributed by atoms with Crippen molar-refractivity contribution in [2.24, 2.45) is 5.14 Å².